The smallest absolute Gasteiger partial charge is 0.0839 e. The fraction of sp³-hybridized carbons (Fsp3) is 0.133. The molecule has 3 aromatic rings. The van der Waals surface area contributed by atoms with Gasteiger partial charge in [-0.05, 0) is 36.8 Å². The summed E-state index contributed by atoms with van der Waals surface area (Å²) >= 11 is 1.82. The van der Waals surface area contributed by atoms with Gasteiger partial charge in [0.1, 0.15) is 0 Å². The first-order valence-corrected chi connectivity index (χ1v) is 7.04. The van der Waals surface area contributed by atoms with Crippen LogP contribution < -0.4 is 5.32 Å². The number of aromatic nitrogens is 2. The van der Waals surface area contributed by atoms with E-state index in [2.05, 4.69) is 47.7 Å². The molecule has 0 saturated heterocycles. The molecule has 0 aliphatic carbocycles. The number of nitrogens with zero attached hydrogens (tertiary/aromatic N) is 2. The number of hydrogen-bond acceptors (Lipinski definition) is 3. The van der Waals surface area contributed by atoms with Crippen molar-refractivity contribution in [3.63, 3.8) is 0 Å². The molecule has 1 aliphatic heterocycles. The zero-order valence-corrected chi connectivity index (χ0v) is 11.6. The van der Waals surface area contributed by atoms with Crippen LogP contribution in [0.4, 0.5) is 11.4 Å². The Labute approximate surface area is 115 Å². The van der Waals surface area contributed by atoms with Crippen molar-refractivity contribution in [1.29, 1.82) is 0 Å². The third-order valence-electron chi connectivity index (χ3n) is 3.47. The molecule has 0 radical (unpaired) electrons. The standard InChI is InChI=1S/C15H13N3S/c1-9-3-5-11-13(7-9)19-15-12(17-11)6-4-10-8-16-18(2)14(10)15/h3-8,17H,1-2H3. The Morgan fingerprint density at radius 3 is 2.89 bits per heavy atom. The second kappa shape index (κ2) is 3.78. The van der Waals surface area contributed by atoms with Crippen LogP contribution in [0.25, 0.3) is 10.9 Å². The van der Waals surface area contributed by atoms with E-state index >= 15 is 0 Å². The van der Waals surface area contributed by atoms with Crippen LogP contribution in [0.15, 0.2) is 46.3 Å². The SMILES string of the molecule is Cc1ccc2c(c1)Sc1c(ccc3cnn(C)c13)N2. The molecule has 0 unspecified atom stereocenters. The van der Waals surface area contributed by atoms with E-state index in [1.165, 1.54) is 31.9 Å². The zero-order valence-electron chi connectivity index (χ0n) is 10.8. The van der Waals surface area contributed by atoms with E-state index in [-0.39, 0.29) is 0 Å². The molecule has 0 fully saturated rings. The predicted molar refractivity (Wildman–Crippen MR) is 79.3 cm³/mol. The lowest BCUT2D eigenvalue weighted by Gasteiger charge is -2.22. The summed E-state index contributed by atoms with van der Waals surface area (Å²) in [6.07, 6.45) is 1.92. The summed E-state index contributed by atoms with van der Waals surface area (Å²) in [5.74, 6) is 0. The maximum Gasteiger partial charge on any atom is 0.0839 e. The summed E-state index contributed by atoms with van der Waals surface area (Å²) in [7, 11) is 1.99. The van der Waals surface area contributed by atoms with Gasteiger partial charge in [0.05, 0.1) is 28.0 Å². The highest BCUT2D eigenvalue weighted by Crippen LogP contribution is 2.47. The average molecular weight is 267 g/mol. The Morgan fingerprint density at radius 1 is 1.16 bits per heavy atom. The minimum atomic E-state index is 1.16. The molecule has 1 aliphatic rings. The van der Waals surface area contributed by atoms with Gasteiger partial charge in [0, 0.05) is 17.3 Å². The molecule has 94 valence electrons. The predicted octanol–water partition coefficient (Wildman–Crippen LogP) is 4.09. The fourth-order valence-corrected chi connectivity index (χ4v) is 3.77. The second-order valence-electron chi connectivity index (χ2n) is 4.87. The summed E-state index contributed by atoms with van der Waals surface area (Å²) in [6, 6.07) is 10.8. The molecule has 2 heterocycles. The minimum Gasteiger partial charge on any atom is -0.354 e. The lowest BCUT2D eigenvalue weighted by atomic mass is 10.2. The van der Waals surface area contributed by atoms with Crippen LogP contribution in [0.2, 0.25) is 0 Å². The van der Waals surface area contributed by atoms with Crippen molar-refractivity contribution in [2.24, 2.45) is 7.05 Å². The van der Waals surface area contributed by atoms with Crippen LogP contribution in [0, 0.1) is 6.92 Å². The number of benzene rings is 2. The number of anilines is 2. The molecular weight excluding hydrogens is 254 g/mol. The Hall–Kier alpha value is -1.94. The van der Waals surface area contributed by atoms with Crippen molar-refractivity contribution < 1.29 is 0 Å². The lowest BCUT2D eigenvalue weighted by molar-refractivity contribution is 0.791. The minimum absolute atomic E-state index is 1.16. The monoisotopic (exact) mass is 267 g/mol. The number of hydrogen-bond donors (Lipinski definition) is 1. The molecule has 1 N–H and O–H groups in total. The third kappa shape index (κ3) is 1.56. The second-order valence-corrected chi connectivity index (χ2v) is 5.93. The first kappa shape index (κ1) is 10.9. The maximum absolute atomic E-state index is 4.35. The molecule has 0 amide bonds. The van der Waals surface area contributed by atoms with Gasteiger partial charge in [0.25, 0.3) is 0 Å². The van der Waals surface area contributed by atoms with Gasteiger partial charge in [-0.25, -0.2) is 0 Å². The summed E-state index contributed by atoms with van der Waals surface area (Å²) in [6.45, 7) is 2.13. The van der Waals surface area contributed by atoms with Crippen LogP contribution in [0.5, 0.6) is 0 Å². The molecule has 4 rings (SSSR count). The van der Waals surface area contributed by atoms with Gasteiger partial charge in [0.15, 0.2) is 0 Å². The van der Waals surface area contributed by atoms with Gasteiger partial charge < -0.3 is 5.32 Å². The van der Waals surface area contributed by atoms with Crippen LogP contribution >= 0.6 is 11.8 Å². The van der Waals surface area contributed by atoms with Crippen molar-refractivity contribution in [3.8, 4) is 0 Å². The third-order valence-corrected chi connectivity index (χ3v) is 4.65. The van der Waals surface area contributed by atoms with E-state index in [4.69, 9.17) is 0 Å². The highest BCUT2D eigenvalue weighted by Gasteiger charge is 2.19. The van der Waals surface area contributed by atoms with Gasteiger partial charge in [-0.15, -0.1) is 0 Å². The molecule has 0 bridgehead atoms. The largest absolute Gasteiger partial charge is 0.354 e. The van der Waals surface area contributed by atoms with Crippen molar-refractivity contribution in [1.82, 2.24) is 9.78 Å². The molecule has 0 spiro atoms. The summed E-state index contributed by atoms with van der Waals surface area (Å²) < 4.78 is 1.95. The van der Waals surface area contributed by atoms with E-state index in [0.717, 1.165) is 5.69 Å². The van der Waals surface area contributed by atoms with Crippen molar-refractivity contribution >= 4 is 34.0 Å². The van der Waals surface area contributed by atoms with Gasteiger partial charge in [-0.2, -0.15) is 5.10 Å². The topological polar surface area (TPSA) is 29.9 Å². The van der Waals surface area contributed by atoms with Crippen LogP contribution in [-0.2, 0) is 7.05 Å². The molecule has 0 atom stereocenters. The average Bonchev–Trinajstić information content (AvgIpc) is 2.78. The summed E-state index contributed by atoms with van der Waals surface area (Å²) in [5.41, 5.74) is 4.83. The highest BCUT2D eigenvalue weighted by molar-refractivity contribution is 8.00. The number of fused-ring (bicyclic) bond motifs is 4. The fourth-order valence-electron chi connectivity index (χ4n) is 2.50. The van der Waals surface area contributed by atoms with Gasteiger partial charge in [-0.3, -0.25) is 4.68 Å². The Balaban J connectivity index is 1.97. The van der Waals surface area contributed by atoms with E-state index in [9.17, 15) is 0 Å². The maximum atomic E-state index is 4.35. The van der Waals surface area contributed by atoms with E-state index in [0.29, 0.717) is 0 Å². The zero-order chi connectivity index (χ0) is 13.0. The summed E-state index contributed by atoms with van der Waals surface area (Å²) in [4.78, 5) is 2.54. The Bertz CT molecular complexity index is 805. The molecule has 19 heavy (non-hydrogen) atoms. The van der Waals surface area contributed by atoms with Gasteiger partial charge >= 0.3 is 0 Å². The Kier molecular flexibility index (Phi) is 2.17. The van der Waals surface area contributed by atoms with Crippen molar-refractivity contribution in [2.45, 2.75) is 16.7 Å². The van der Waals surface area contributed by atoms with E-state index in [1.54, 1.807) is 0 Å². The lowest BCUT2D eigenvalue weighted by Crippen LogP contribution is -2.02. The van der Waals surface area contributed by atoms with Crippen LogP contribution in [0.3, 0.4) is 0 Å². The number of rotatable bonds is 0. The molecule has 3 nitrogen and oxygen atoms in total. The number of aryl methyl sites for hydroxylation is 2. The molecule has 2 aromatic carbocycles. The van der Waals surface area contributed by atoms with Gasteiger partial charge in [0.2, 0.25) is 0 Å². The van der Waals surface area contributed by atoms with Crippen LogP contribution in [-0.4, -0.2) is 9.78 Å². The molecular formula is C15H13N3S. The number of nitrogens with one attached hydrogen (secondary N) is 1. The molecule has 4 heteroatoms. The van der Waals surface area contributed by atoms with Crippen molar-refractivity contribution in [3.05, 3.63) is 42.1 Å². The molecule has 0 saturated carbocycles. The van der Waals surface area contributed by atoms with E-state index < -0.39 is 0 Å². The van der Waals surface area contributed by atoms with Crippen molar-refractivity contribution in [2.75, 3.05) is 5.32 Å². The summed E-state index contributed by atoms with van der Waals surface area (Å²) in [5, 5.41) is 9.05. The van der Waals surface area contributed by atoms with E-state index in [1.807, 2.05) is 29.7 Å². The first-order chi connectivity index (χ1) is 9.22. The first-order valence-electron chi connectivity index (χ1n) is 6.22. The highest BCUT2D eigenvalue weighted by atomic mass is 32.2. The quantitative estimate of drug-likeness (QED) is 0.520. The normalized spacial score (nSPS) is 12.9. The van der Waals surface area contributed by atoms with Gasteiger partial charge in [-0.1, -0.05) is 17.8 Å². The molecule has 1 aromatic heterocycles. The Morgan fingerprint density at radius 2 is 2.00 bits per heavy atom. The van der Waals surface area contributed by atoms with Crippen LogP contribution in [0.1, 0.15) is 5.56 Å².